The fourth-order valence-corrected chi connectivity index (χ4v) is 3.71. The fraction of sp³-hybridized carbons (Fsp3) is 0.556. The van der Waals surface area contributed by atoms with E-state index in [4.69, 9.17) is 19.3 Å². The molecule has 2 atom stereocenters. The van der Waals surface area contributed by atoms with Crippen LogP contribution in [0.15, 0.2) is 18.2 Å². The van der Waals surface area contributed by atoms with Crippen LogP contribution >= 0.6 is 0 Å². The third kappa shape index (κ3) is 3.76. The first-order chi connectivity index (χ1) is 12.5. The number of carbonyl (C=O) groups excluding carboxylic acids is 1. The van der Waals surface area contributed by atoms with Crippen LogP contribution in [0.1, 0.15) is 10.4 Å². The lowest BCUT2D eigenvalue weighted by atomic mass is 10.1. The summed E-state index contributed by atoms with van der Waals surface area (Å²) < 4.78 is 16.5. The van der Waals surface area contributed by atoms with Crippen LogP contribution in [0.4, 0.5) is 0 Å². The molecule has 1 N–H and O–H groups in total. The number of aliphatic carboxylic acids is 1. The van der Waals surface area contributed by atoms with E-state index >= 15 is 0 Å². The number of fused-ring (bicyclic) bond motifs is 3. The van der Waals surface area contributed by atoms with E-state index in [1.54, 1.807) is 23.1 Å². The van der Waals surface area contributed by atoms with Crippen LogP contribution in [0, 0.1) is 5.92 Å². The van der Waals surface area contributed by atoms with Crippen molar-refractivity contribution in [2.45, 2.75) is 6.04 Å². The predicted octanol–water partition coefficient (Wildman–Crippen LogP) is 0.561. The normalized spacial score (nSPS) is 23.2. The number of carboxylic acid groups (broad SMARTS) is 1. The van der Waals surface area contributed by atoms with Crippen molar-refractivity contribution in [1.29, 1.82) is 0 Å². The Labute approximate surface area is 152 Å². The first-order valence-corrected chi connectivity index (χ1v) is 8.57. The molecule has 2 bridgehead atoms. The second-order valence-electron chi connectivity index (χ2n) is 6.64. The van der Waals surface area contributed by atoms with E-state index in [0.717, 1.165) is 0 Å². The zero-order chi connectivity index (χ0) is 18.7. The standard InChI is InChI=1S/C18H24N2O6/c1-24-14-4-3-5-15(25-2)17(14)18(23)20-7-12-6-19(9-16(21)22)8-13(20)11-26-10-12/h3-5,12-13H,6-11H2,1-2H3,(H,21,22)/t12-,13-/m0/s1. The second kappa shape index (κ2) is 7.92. The molecule has 26 heavy (non-hydrogen) atoms. The molecule has 8 nitrogen and oxygen atoms in total. The number of hydrogen-bond donors (Lipinski definition) is 1. The molecule has 1 aromatic carbocycles. The summed E-state index contributed by atoms with van der Waals surface area (Å²) in [5.74, 6) is -0.0773. The highest BCUT2D eigenvalue weighted by atomic mass is 16.5. The Balaban J connectivity index is 1.91. The van der Waals surface area contributed by atoms with Gasteiger partial charge in [0.15, 0.2) is 0 Å². The highest BCUT2D eigenvalue weighted by molar-refractivity contribution is 6.00. The minimum atomic E-state index is -0.866. The summed E-state index contributed by atoms with van der Waals surface area (Å²) in [6, 6.07) is 5.01. The molecule has 0 aliphatic carbocycles. The van der Waals surface area contributed by atoms with Crippen molar-refractivity contribution < 1.29 is 28.9 Å². The van der Waals surface area contributed by atoms with Crippen molar-refractivity contribution in [3.05, 3.63) is 23.8 Å². The van der Waals surface area contributed by atoms with Crippen LogP contribution in [-0.4, -0.2) is 86.4 Å². The Morgan fingerprint density at radius 1 is 1.15 bits per heavy atom. The quantitative estimate of drug-likeness (QED) is 0.817. The topological polar surface area (TPSA) is 88.5 Å². The van der Waals surface area contributed by atoms with Crippen molar-refractivity contribution in [3.63, 3.8) is 0 Å². The summed E-state index contributed by atoms with van der Waals surface area (Å²) in [6.45, 7) is 2.44. The highest BCUT2D eigenvalue weighted by Crippen LogP contribution is 2.31. The van der Waals surface area contributed by atoms with Gasteiger partial charge >= 0.3 is 5.97 Å². The maximum absolute atomic E-state index is 13.4. The summed E-state index contributed by atoms with van der Waals surface area (Å²) in [5, 5.41) is 9.12. The van der Waals surface area contributed by atoms with Crippen molar-refractivity contribution in [2.75, 3.05) is 53.6 Å². The van der Waals surface area contributed by atoms with E-state index in [1.165, 1.54) is 14.2 Å². The zero-order valence-electron chi connectivity index (χ0n) is 15.0. The minimum Gasteiger partial charge on any atom is -0.496 e. The summed E-state index contributed by atoms with van der Waals surface area (Å²) in [7, 11) is 3.04. The molecule has 0 unspecified atom stereocenters. The molecule has 0 spiro atoms. The Morgan fingerprint density at radius 3 is 2.46 bits per heavy atom. The van der Waals surface area contributed by atoms with Crippen molar-refractivity contribution in [3.8, 4) is 11.5 Å². The van der Waals surface area contributed by atoms with Gasteiger partial charge in [0, 0.05) is 25.6 Å². The van der Waals surface area contributed by atoms with E-state index in [1.807, 2.05) is 4.90 Å². The summed E-state index contributed by atoms with van der Waals surface area (Å²) in [4.78, 5) is 28.1. The molecule has 2 saturated heterocycles. The lowest BCUT2D eigenvalue weighted by molar-refractivity contribution is -0.138. The number of hydrogen-bond acceptors (Lipinski definition) is 6. The predicted molar refractivity (Wildman–Crippen MR) is 92.8 cm³/mol. The summed E-state index contributed by atoms with van der Waals surface area (Å²) in [6.07, 6.45) is 0. The smallest absolute Gasteiger partial charge is 0.317 e. The molecular formula is C18H24N2O6. The Kier molecular flexibility index (Phi) is 5.63. The Morgan fingerprint density at radius 2 is 1.85 bits per heavy atom. The number of amides is 1. The maximum Gasteiger partial charge on any atom is 0.317 e. The van der Waals surface area contributed by atoms with E-state index < -0.39 is 5.97 Å². The molecule has 0 saturated carbocycles. The van der Waals surface area contributed by atoms with Crippen LogP contribution in [-0.2, 0) is 9.53 Å². The molecule has 8 heteroatoms. The number of ether oxygens (including phenoxy) is 3. The van der Waals surface area contributed by atoms with Gasteiger partial charge in [0.25, 0.3) is 5.91 Å². The third-order valence-electron chi connectivity index (χ3n) is 4.81. The fourth-order valence-electron chi connectivity index (χ4n) is 3.71. The summed E-state index contributed by atoms with van der Waals surface area (Å²) in [5.41, 5.74) is 0.384. The van der Waals surface area contributed by atoms with Gasteiger partial charge in [-0.3, -0.25) is 14.5 Å². The number of rotatable bonds is 5. The molecule has 142 valence electrons. The number of methoxy groups -OCH3 is 2. The lowest BCUT2D eigenvalue weighted by Crippen LogP contribution is -2.47. The van der Waals surface area contributed by atoms with Crippen molar-refractivity contribution >= 4 is 11.9 Å². The van der Waals surface area contributed by atoms with E-state index in [0.29, 0.717) is 49.9 Å². The van der Waals surface area contributed by atoms with Gasteiger partial charge in [-0.05, 0) is 12.1 Å². The highest BCUT2D eigenvalue weighted by Gasteiger charge is 2.38. The zero-order valence-corrected chi connectivity index (χ0v) is 15.0. The van der Waals surface area contributed by atoms with Crippen LogP contribution in [0.3, 0.4) is 0 Å². The monoisotopic (exact) mass is 364 g/mol. The first kappa shape index (κ1) is 18.5. The molecule has 0 radical (unpaired) electrons. The van der Waals surface area contributed by atoms with Crippen LogP contribution < -0.4 is 9.47 Å². The molecular weight excluding hydrogens is 340 g/mol. The maximum atomic E-state index is 13.4. The number of carbonyl (C=O) groups is 2. The Bertz CT molecular complexity index is 657. The van der Waals surface area contributed by atoms with Gasteiger partial charge in [0.05, 0.1) is 40.0 Å². The second-order valence-corrected chi connectivity index (χ2v) is 6.64. The van der Waals surface area contributed by atoms with Crippen molar-refractivity contribution in [2.24, 2.45) is 5.92 Å². The molecule has 2 heterocycles. The Hall–Kier alpha value is -2.32. The number of nitrogens with zero attached hydrogens (tertiary/aromatic N) is 2. The third-order valence-corrected chi connectivity index (χ3v) is 4.81. The SMILES string of the molecule is COc1cccc(OC)c1C(=O)N1C[C@H]2COC[C@@H]1CN(CC(=O)O)C2. The molecule has 2 aliphatic rings. The first-order valence-electron chi connectivity index (χ1n) is 8.57. The van der Waals surface area contributed by atoms with E-state index in [-0.39, 0.29) is 24.4 Å². The minimum absolute atomic E-state index is 0.0347. The van der Waals surface area contributed by atoms with Gasteiger partial charge in [-0.2, -0.15) is 0 Å². The number of benzene rings is 1. The average molecular weight is 364 g/mol. The van der Waals surface area contributed by atoms with Gasteiger partial charge in [0.1, 0.15) is 17.1 Å². The van der Waals surface area contributed by atoms with E-state index in [2.05, 4.69) is 0 Å². The van der Waals surface area contributed by atoms with Crippen LogP contribution in [0.5, 0.6) is 11.5 Å². The molecule has 3 rings (SSSR count). The van der Waals surface area contributed by atoms with Gasteiger partial charge in [0.2, 0.25) is 0 Å². The van der Waals surface area contributed by atoms with Gasteiger partial charge < -0.3 is 24.2 Å². The van der Waals surface area contributed by atoms with Gasteiger partial charge in [-0.15, -0.1) is 0 Å². The molecule has 2 fully saturated rings. The number of carboxylic acids is 1. The molecule has 0 aromatic heterocycles. The molecule has 1 aromatic rings. The summed E-state index contributed by atoms with van der Waals surface area (Å²) >= 11 is 0. The molecule has 2 aliphatic heterocycles. The molecule has 1 amide bonds. The lowest BCUT2D eigenvalue weighted by Gasteiger charge is -2.31. The average Bonchev–Trinajstić information content (AvgIpc) is 2.90. The largest absolute Gasteiger partial charge is 0.496 e. The van der Waals surface area contributed by atoms with Crippen molar-refractivity contribution in [1.82, 2.24) is 9.80 Å². The van der Waals surface area contributed by atoms with E-state index in [9.17, 15) is 9.59 Å². The van der Waals surface area contributed by atoms with Crippen LogP contribution in [0.25, 0.3) is 0 Å². The van der Waals surface area contributed by atoms with Crippen LogP contribution in [0.2, 0.25) is 0 Å². The van der Waals surface area contributed by atoms with Gasteiger partial charge in [-0.1, -0.05) is 6.07 Å². The van der Waals surface area contributed by atoms with Gasteiger partial charge in [-0.25, -0.2) is 0 Å².